The summed E-state index contributed by atoms with van der Waals surface area (Å²) in [6, 6.07) is 8.57. The van der Waals surface area contributed by atoms with Crippen LogP contribution in [0.25, 0.3) is 10.9 Å². The van der Waals surface area contributed by atoms with Gasteiger partial charge < -0.3 is 47.4 Å². The zero-order valence-electron chi connectivity index (χ0n) is 20.7. The lowest BCUT2D eigenvalue weighted by molar-refractivity contribution is 0.140. The van der Waals surface area contributed by atoms with Crippen LogP contribution >= 0.6 is 0 Å². The molecule has 4 aromatic rings. The molecule has 1 fully saturated rings. The van der Waals surface area contributed by atoms with Crippen LogP contribution in [-0.4, -0.2) is 50.4 Å². The van der Waals surface area contributed by atoms with Gasteiger partial charge in [-0.05, 0) is 56.0 Å². The first-order chi connectivity index (χ1) is 18.4. The average Bonchev–Trinajstić information content (AvgIpc) is 3.38. The second-order valence-corrected chi connectivity index (χ2v) is 9.30. The first kappa shape index (κ1) is 25.4. The van der Waals surface area contributed by atoms with Crippen molar-refractivity contribution >= 4 is 39.7 Å². The van der Waals surface area contributed by atoms with Crippen LogP contribution in [0, 0.1) is 5.82 Å². The van der Waals surface area contributed by atoms with Crippen LogP contribution in [0.3, 0.4) is 0 Å². The summed E-state index contributed by atoms with van der Waals surface area (Å²) >= 11 is 0. The molecule has 38 heavy (non-hydrogen) atoms. The van der Waals surface area contributed by atoms with E-state index < -0.39 is 11.6 Å². The van der Waals surface area contributed by atoms with E-state index in [9.17, 15) is 14.6 Å². The Kier molecular flexibility index (Phi) is 7.33. The molecule has 0 radical (unpaired) electrons. The van der Waals surface area contributed by atoms with E-state index in [1.165, 1.54) is 12.1 Å². The third kappa shape index (κ3) is 5.50. The summed E-state index contributed by atoms with van der Waals surface area (Å²) in [6.07, 6.45) is 5.77. The molecule has 2 atom stereocenters. The SMILES string of the molecule is NCCNc1cc(Nc2ncc(F)c(Nc3ccc(O)c(O)c3O[C@@H]3CCC[C@H](N)C3)n2)c2[nH]ccc2c1. The molecule has 0 aliphatic heterocycles. The van der Waals surface area contributed by atoms with Crippen LogP contribution < -0.4 is 32.2 Å². The number of phenols is 2. The maximum Gasteiger partial charge on any atom is 0.229 e. The Labute approximate surface area is 218 Å². The fourth-order valence-electron chi connectivity index (χ4n) is 4.59. The van der Waals surface area contributed by atoms with Crippen LogP contribution in [0.15, 0.2) is 42.7 Å². The number of ether oxygens (including phenoxy) is 1. The van der Waals surface area contributed by atoms with Gasteiger partial charge in [0.1, 0.15) is 6.10 Å². The Morgan fingerprint density at radius 3 is 2.82 bits per heavy atom. The van der Waals surface area contributed by atoms with E-state index in [-0.39, 0.29) is 41.1 Å². The minimum absolute atomic E-state index is 0.00314. The first-order valence-electron chi connectivity index (χ1n) is 12.5. The zero-order chi connectivity index (χ0) is 26.6. The number of anilines is 5. The number of rotatable bonds is 9. The predicted octanol–water partition coefficient (Wildman–Crippen LogP) is 4.01. The van der Waals surface area contributed by atoms with Gasteiger partial charge in [-0.3, -0.25) is 0 Å². The van der Waals surface area contributed by atoms with Gasteiger partial charge in [-0.1, -0.05) is 0 Å². The molecule has 2 aromatic heterocycles. The number of H-pyrrole nitrogens is 1. The summed E-state index contributed by atoms with van der Waals surface area (Å²) < 4.78 is 20.8. The highest BCUT2D eigenvalue weighted by Crippen LogP contribution is 2.44. The van der Waals surface area contributed by atoms with Crippen molar-refractivity contribution in [1.82, 2.24) is 15.0 Å². The van der Waals surface area contributed by atoms with Gasteiger partial charge in [0.05, 0.1) is 23.1 Å². The van der Waals surface area contributed by atoms with Gasteiger partial charge in [0.25, 0.3) is 0 Å². The fourth-order valence-corrected chi connectivity index (χ4v) is 4.59. The lowest BCUT2D eigenvalue weighted by Crippen LogP contribution is -2.33. The normalized spacial score (nSPS) is 17.3. The number of phenolic OH excluding ortho intramolecular Hbond substituents is 2. The third-order valence-electron chi connectivity index (χ3n) is 6.44. The summed E-state index contributed by atoms with van der Waals surface area (Å²) in [5.74, 6) is -1.50. The summed E-state index contributed by atoms with van der Waals surface area (Å²) in [7, 11) is 0. The molecule has 11 nitrogen and oxygen atoms in total. The number of hydrogen-bond donors (Lipinski definition) is 8. The molecule has 1 saturated carbocycles. The van der Waals surface area contributed by atoms with Gasteiger partial charge in [-0.2, -0.15) is 4.98 Å². The van der Waals surface area contributed by atoms with E-state index in [1.807, 2.05) is 24.4 Å². The Morgan fingerprint density at radius 1 is 1.13 bits per heavy atom. The van der Waals surface area contributed by atoms with Crippen molar-refractivity contribution in [2.45, 2.75) is 37.8 Å². The smallest absolute Gasteiger partial charge is 0.229 e. The van der Waals surface area contributed by atoms with E-state index in [2.05, 4.69) is 30.9 Å². The van der Waals surface area contributed by atoms with Crippen molar-refractivity contribution in [2.24, 2.45) is 11.5 Å². The maximum absolute atomic E-state index is 14.8. The largest absolute Gasteiger partial charge is 0.504 e. The molecule has 0 unspecified atom stereocenters. The Morgan fingerprint density at radius 2 is 2.00 bits per heavy atom. The monoisotopic (exact) mass is 522 g/mol. The number of halogens is 1. The molecule has 2 heterocycles. The quantitative estimate of drug-likeness (QED) is 0.118. The lowest BCUT2D eigenvalue weighted by atomic mass is 9.93. The van der Waals surface area contributed by atoms with Gasteiger partial charge in [-0.15, -0.1) is 0 Å². The summed E-state index contributed by atoms with van der Waals surface area (Å²) in [4.78, 5) is 11.6. The molecule has 200 valence electrons. The molecule has 0 bridgehead atoms. The average molecular weight is 523 g/mol. The molecule has 0 saturated heterocycles. The van der Waals surface area contributed by atoms with E-state index in [0.717, 1.165) is 42.0 Å². The van der Waals surface area contributed by atoms with Crippen molar-refractivity contribution < 1.29 is 19.3 Å². The van der Waals surface area contributed by atoms with Crippen LogP contribution in [0.5, 0.6) is 17.2 Å². The van der Waals surface area contributed by atoms with E-state index >= 15 is 0 Å². The van der Waals surface area contributed by atoms with Gasteiger partial charge in [0.2, 0.25) is 11.7 Å². The van der Waals surface area contributed by atoms with E-state index in [4.69, 9.17) is 16.2 Å². The number of aromatic amines is 1. The highest BCUT2D eigenvalue weighted by Gasteiger charge is 2.25. The summed E-state index contributed by atoms with van der Waals surface area (Å²) in [6.45, 7) is 1.09. The van der Waals surface area contributed by atoms with Gasteiger partial charge in [0.15, 0.2) is 23.1 Å². The predicted molar refractivity (Wildman–Crippen MR) is 145 cm³/mol. The number of nitrogens with zero attached hydrogens (tertiary/aromatic N) is 2. The number of fused-ring (bicyclic) bond motifs is 1. The van der Waals surface area contributed by atoms with Crippen molar-refractivity contribution in [1.29, 1.82) is 0 Å². The topological polar surface area (TPSA) is 179 Å². The van der Waals surface area contributed by atoms with Crippen molar-refractivity contribution in [3.05, 3.63) is 48.5 Å². The summed E-state index contributed by atoms with van der Waals surface area (Å²) in [5.41, 5.74) is 14.3. The van der Waals surface area contributed by atoms with Gasteiger partial charge >= 0.3 is 0 Å². The Bertz CT molecular complexity index is 1430. The summed E-state index contributed by atoms with van der Waals surface area (Å²) in [5, 5.41) is 30.8. The second kappa shape index (κ2) is 11.0. The number of aromatic hydroxyl groups is 2. The fraction of sp³-hybridized carbons (Fsp3) is 0.308. The molecule has 1 aliphatic rings. The maximum atomic E-state index is 14.8. The molecular weight excluding hydrogens is 491 g/mol. The highest BCUT2D eigenvalue weighted by molar-refractivity contribution is 5.95. The molecule has 2 aromatic carbocycles. The second-order valence-electron chi connectivity index (χ2n) is 9.30. The van der Waals surface area contributed by atoms with Crippen LogP contribution in [0.1, 0.15) is 25.7 Å². The first-order valence-corrected chi connectivity index (χ1v) is 12.5. The minimum Gasteiger partial charge on any atom is -0.504 e. The molecule has 10 N–H and O–H groups in total. The van der Waals surface area contributed by atoms with Crippen molar-refractivity contribution in [2.75, 3.05) is 29.0 Å². The van der Waals surface area contributed by atoms with Gasteiger partial charge in [-0.25, -0.2) is 9.37 Å². The molecule has 5 rings (SSSR count). The van der Waals surface area contributed by atoms with Crippen molar-refractivity contribution in [3.8, 4) is 17.2 Å². The van der Waals surface area contributed by atoms with Crippen LogP contribution in [0.4, 0.5) is 33.2 Å². The van der Waals surface area contributed by atoms with Crippen molar-refractivity contribution in [3.63, 3.8) is 0 Å². The zero-order valence-corrected chi connectivity index (χ0v) is 20.7. The number of benzene rings is 2. The lowest BCUT2D eigenvalue weighted by Gasteiger charge is -2.28. The van der Waals surface area contributed by atoms with Gasteiger partial charge in [0, 0.05) is 36.4 Å². The minimum atomic E-state index is -0.711. The molecule has 0 spiro atoms. The number of hydrogen-bond acceptors (Lipinski definition) is 10. The van der Waals surface area contributed by atoms with E-state index in [1.54, 1.807) is 0 Å². The third-order valence-corrected chi connectivity index (χ3v) is 6.44. The number of nitrogens with one attached hydrogen (secondary N) is 4. The number of nitrogens with two attached hydrogens (primary N) is 2. The Balaban J connectivity index is 1.42. The molecular formula is C26H31FN8O3. The Hall–Kier alpha value is -4.29. The van der Waals surface area contributed by atoms with Crippen LogP contribution in [0.2, 0.25) is 0 Å². The number of aromatic nitrogens is 3. The molecule has 1 aliphatic carbocycles. The molecule has 0 amide bonds. The van der Waals surface area contributed by atoms with Crippen LogP contribution in [-0.2, 0) is 0 Å². The van der Waals surface area contributed by atoms with E-state index in [0.29, 0.717) is 25.2 Å². The standard InChI is InChI=1S/C26H31FN8O3/c27-18-13-32-26(34-20-12-16(30-9-7-28)10-14-6-8-31-22(14)20)35-25(18)33-19-4-5-21(36)23(37)24(19)38-17-3-1-2-15(29)11-17/h4-6,8,10,12-13,15,17,30-31,36-37H,1-3,7,9,11,28-29H2,(H2,32,33,34,35)/t15-,17+/m0/s1. The highest BCUT2D eigenvalue weighted by atomic mass is 19.1. The molecule has 12 heteroatoms.